The number of fused-ring (bicyclic) bond motifs is 1. The van der Waals surface area contributed by atoms with Crippen LogP contribution in [0.2, 0.25) is 0 Å². The van der Waals surface area contributed by atoms with Crippen LogP contribution in [0.3, 0.4) is 0 Å². The van der Waals surface area contributed by atoms with Gasteiger partial charge in [-0.2, -0.15) is 0 Å². The maximum absolute atomic E-state index is 12.3. The molecule has 0 saturated carbocycles. The highest BCUT2D eigenvalue weighted by Gasteiger charge is 2.41. The first-order valence-electron chi connectivity index (χ1n) is 6.52. The molecule has 1 saturated heterocycles. The average Bonchev–Trinajstić information content (AvgIpc) is 2.77. The van der Waals surface area contributed by atoms with Crippen molar-refractivity contribution in [3.8, 4) is 0 Å². The van der Waals surface area contributed by atoms with Crippen molar-refractivity contribution in [3.63, 3.8) is 0 Å². The van der Waals surface area contributed by atoms with E-state index in [0.29, 0.717) is 31.4 Å². The van der Waals surface area contributed by atoms with Gasteiger partial charge in [-0.15, -0.1) is 0 Å². The van der Waals surface area contributed by atoms with Crippen LogP contribution in [0.15, 0.2) is 29.1 Å². The summed E-state index contributed by atoms with van der Waals surface area (Å²) in [7, 11) is 0. The number of carboxylic acid groups (broad SMARTS) is 1. The summed E-state index contributed by atoms with van der Waals surface area (Å²) in [6.07, 6.45) is 0.895. The molecule has 3 rings (SSSR count). The minimum absolute atomic E-state index is 0.0993. The van der Waals surface area contributed by atoms with Gasteiger partial charge in [0.05, 0.1) is 22.0 Å². The lowest BCUT2D eigenvalue weighted by Gasteiger charge is -2.32. The molecule has 106 valence electrons. The normalized spacial score (nSPS) is 18.2. The smallest absolute Gasteiger partial charge is 0.311 e. The Bertz CT molecular complexity index is 697. The van der Waals surface area contributed by atoms with E-state index in [2.05, 4.69) is 0 Å². The number of rotatable bonds is 3. The van der Waals surface area contributed by atoms with Gasteiger partial charge >= 0.3 is 5.97 Å². The summed E-state index contributed by atoms with van der Waals surface area (Å²) in [5, 5.41) is 10.2. The molecule has 1 fully saturated rings. The number of carbonyl (C=O) groups is 1. The first kappa shape index (κ1) is 13.3. The second-order valence-electron chi connectivity index (χ2n) is 5.13. The van der Waals surface area contributed by atoms with E-state index >= 15 is 0 Å². The Balaban J connectivity index is 2.00. The van der Waals surface area contributed by atoms with E-state index < -0.39 is 11.4 Å². The minimum atomic E-state index is -0.886. The number of aliphatic carboxylic acids is 1. The molecule has 0 amide bonds. The number of nitrogens with zero attached hydrogens (tertiary/aromatic N) is 1. The molecule has 20 heavy (non-hydrogen) atoms. The Kier molecular flexibility index (Phi) is 3.35. The monoisotopic (exact) mass is 293 g/mol. The predicted octanol–water partition coefficient (Wildman–Crippen LogP) is 1.94. The van der Waals surface area contributed by atoms with Gasteiger partial charge in [0.2, 0.25) is 0 Å². The van der Waals surface area contributed by atoms with Gasteiger partial charge in [0, 0.05) is 13.2 Å². The minimum Gasteiger partial charge on any atom is -0.481 e. The van der Waals surface area contributed by atoms with Gasteiger partial charge in [0.25, 0.3) is 5.56 Å². The van der Waals surface area contributed by atoms with Gasteiger partial charge < -0.3 is 9.84 Å². The molecule has 5 nitrogen and oxygen atoms in total. The van der Waals surface area contributed by atoms with Gasteiger partial charge in [-0.05, 0) is 25.0 Å². The third-order valence-electron chi connectivity index (χ3n) is 3.90. The predicted molar refractivity (Wildman–Crippen MR) is 76.2 cm³/mol. The standard InChI is InChI=1S/C14H15NO4S/c16-12-10-3-1-2-4-11(10)20-15(12)9-14(13(17)18)5-7-19-8-6-14/h1-4H,5-9H2,(H,17,18). The third-order valence-corrected chi connectivity index (χ3v) is 4.97. The SMILES string of the molecule is O=C(O)C1(Cn2sc3ccccc3c2=O)CCOCC1. The lowest BCUT2D eigenvalue weighted by Crippen LogP contribution is -2.42. The van der Waals surface area contributed by atoms with Crippen LogP contribution in [0.25, 0.3) is 10.1 Å². The van der Waals surface area contributed by atoms with Crippen molar-refractivity contribution in [1.29, 1.82) is 0 Å². The van der Waals surface area contributed by atoms with E-state index in [4.69, 9.17) is 4.74 Å². The van der Waals surface area contributed by atoms with E-state index in [9.17, 15) is 14.7 Å². The highest BCUT2D eigenvalue weighted by atomic mass is 32.1. The number of aromatic nitrogens is 1. The maximum atomic E-state index is 12.3. The van der Waals surface area contributed by atoms with Gasteiger partial charge in [-0.3, -0.25) is 13.5 Å². The molecular weight excluding hydrogens is 278 g/mol. The molecule has 2 aromatic rings. The Morgan fingerprint density at radius 2 is 2.05 bits per heavy atom. The van der Waals surface area contributed by atoms with Crippen molar-refractivity contribution >= 4 is 27.6 Å². The molecule has 2 heterocycles. The van der Waals surface area contributed by atoms with Crippen molar-refractivity contribution in [2.45, 2.75) is 19.4 Å². The summed E-state index contributed by atoms with van der Waals surface area (Å²) in [4.78, 5) is 24.0. The lowest BCUT2D eigenvalue weighted by atomic mass is 9.80. The van der Waals surface area contributed by atoms with Gasteiger partial charge in [-0.25, -0.2) is 0 Å². The molecular formula is C14H15NO4S. The molecule has 0 radical (unpaired) electrons. The molecule has 1 aliphatic rings. The van der Waals surface area contributed by atoms with Gasteiger partial charge in [0.15, 0.2) is 0 Å². The van der Waals surface area contributed by atoms with E-state index in [0.717, 1.165) is 4.70 Å². The van der Waals surface area contributed by atoms with Gasteiger partial charge in [0.1, 0.15) is 0 Å². The molecule has 0 bridgehead atoms. The van der Waals surface area contributed by atoms with Crippen LogP contribution in [-0.2, 0) is 16.1 Å². The van der Waals surface area contributed by atoms with E-state index in [1.165, 1.54) is 11.5 Å². The Morgan fingerprint density at radius 3 is 2.70 bits per heavy atom. The Morgan fingerprint density at radius 1 is 1.35 bits per heavy atom. The van der Waals surface area contributed by atoms with Crippen LogP contribution < -0.4 is 5.56 Å². The first-order valence-corrected chi connectivity index (χ1v) is 7.30. The first-order chi connectivity index (χ1) is 9.62. The molecule has 0 aliphatic carbocycles. The molecule has 1 aromatic carbocycles. The molecule has 6 heteroatoms. The number of ether oxygens (including phenoxy) is 1. The van der Waals surface area contributed by atoms with E-state index in [1.807, 2.05) is 18.2 Å². The van der Waals surface area contributed by atoms with Crippen molar-refractivity contribution in [2.75, 3.05) is 13.2 Å². The summed E-state index contributed by atoms with van der Waals surface area (Å²) in [6.45, 7) is 1.10. The van der Waals surface area contributed by atoms with Crippen LogP contribution in [0.4, 0.5) is 0 Å². The van der Waals surface area contributed by atoms with Crippen LogP contribution in [0, 0.1) is 5.41 Å². The number of benzene rings is 1. The third kappa shape index (κ3) is 2.14. The molecule has 0 atom stereocenters. The highest BCUT2D eigenvalue weighted by molar-refractivity contribution is 7.13. The fraction of sp³-hybridized carbons (Fsp3) is 0.429. The van der Waals surface area contributed by atoms with Crippen molar-refractivity contribution in [1.82, 2.24) is 3.96 Å². The summed E-state index contributed by atoms with van der Waals surface area (Å²) < 4.78 is 7.72. The van der Waals surface area contributed by atoms with Gasteiger partial charge in [-0.1, -0.05) is 23.7 Å². The fourth-order valence-corrected chi connectivity index (χ4v) is 3.72. The second kappa shape index (κ2) is 5.03. The van der Waals surface area contributed by atoms with E-state index in [-0.39, 0.29) is 12.1 Å². The second-order valence-corrected chi connectivity index (χ2v) is 6.19. The molecule has 0 unspecified atom stereocenters. The van der Waals surface area contributed by atoms with E-state index in [1.54, 1.807) is 10.0 Å². The highest BCUT2D eigenvalue weighted by Crippen LogP contribution is 2.33. The lowest BCUT2D eigenvalue weighted by molar-refractivity contribution is -0.156. The zero-order valence-corrected chi connectivity index (χ0v) is 11.7. The van der Waals surface area contributed by atoms with Crippen molar-refractivity contribution < 1.29 is 14.6 Å². The topological polar surface area (TPSA) is 68.5 Å². The molecule has 1 N–H and O–H groups in total. The average molecular weight is 293 g/mol. The summed E-state index contributed by atoms with van der Waals surface area (Å²) >= 11 is 1.33. The summed E-state index contributed by atoms with van der Waals surface area (Å²) in [5.41, 5.74) is -0.985. The summed E-state index contributed by atoms with van der Waals surface area (Å²) in [5.74, 6) is -0.842. The van der Waals surface area contributed by atoms with Crippen LogP contribution >= 0.6 is 11.5 Å². The largest absolute Gasteiger partial charge is 0.481 e. The Labute approximate surface area is 119 Å². The molecule has 0 spiro atoms. The quantitative estimate of drug-likeness (QED) is 0.939. The van der Waals surface area contributed by atoms with Crippen molar-refractivity contribution in [2.24, 2.45) is 5.41 Å². The Hall–Kier alpha value is -1.66. The molecule has 1 aliphatic heterocycles. The maximum Gasteiger partial charge on any atom is 0.311 e. The fourth-order valence-electron chi connectivity index (χ4n) is 2.60. The van der Waals surface area contributed by atoms with Crippen LogP contribution in [0.5, 0.6) is 0 Å². The zero-order chi connectivity index (χ0) is 14.2. The summed E-state index contributed by atoms with van der Waals surface area (Å²) in [6, 6.07) is 7.36. The van der Waals surface area contributed by atoms with Crippen LogP contribution in [0.1, 0.15) is 12.8 Å². The van der Waals surface area contributed by atoms with Crippen molar-refractivity contribution in [3.05, 3.63) is 34.6 Å². The van der Waals surface area contributed by atoms with Crippen LogP contribution in [-0.4, -0.2) is 28.2 Å². The number of carboxylic acids is 1. The molecule has 1 aromatic heterocycles. The number of hydrogen-bond donors (Lipinski definition) is 1. The zero-order valence-electron chi connectivity index (χ0n) is 10.9. The number of hydrogen-bond acceptors (Lipinski definition) is 4.